The number of halogens is 1. The van der Waals surface area contributed by atoms with E-state index in [-0.39, 0.29) is 15.2 Å². The summed E-state index contributed by atoms with van der Waals surface area (Å²) >= 11 is 6.41. The van der Waals surface area contributed by atoms with Crippen molar-refractivity contribution in [3.8, 4) is 0 Å². The van der Waals surface area contributed by atoms with Gasteiger partial charge in [-0.2, -0.15) is 8.42 Å². The van der Waals surface area contributed by atoms with Crippen LogP contribution in [0.3, 0.4) is 0 Å². The molecule has 1 fully saturated rings. The van der Waals surface area contributed by atoms with E-state index in [2.05, 4.69) is 6.92 Å². The molecule has 1 heterocycles. The molecule has 1 aromatic heterocycles. The Bertz CT molecular complexity index is 1010. The van der Waals surface area contributed by atoms with Crippen molar-refractivity contribution in [1.29, 1.82) is 0 Å². The zero-order valence-electron chi connectivity index (χ0n) is 17.1. The number of hydrogen-bond donors (Lipinski definition) is 1. The first kappa shape index (κ1) is 25.3. The van der Waals surface area contributed by atoms with Crippen molar-refractivity contribution in [3.63, 3.8) is 0 Å². The molecule has 6 nitrogen and oxygen atoms in total. The number of sulfonamides is 1. The first-order chi connectivity index (χ1) is 14.0. The molecule has 1 saturated carbocycles. The molecule has 168 valence electrons. The maximum absolute atomic E-state index is 12.3. The third-order valence-electron chi connectivity index (χ3n) is 4.85. The zero-order chi connectivity index (χ0) is 22.4. The van der Waals surface area contributed by atoms with Crippen molar-refractivity contribution < 1.29 is 21.0 Å². The Morgan fingerprint density at radius 2 is 1.53 bits per heavy atom. The molecular weight excluding hydrogens is 466 g/mol. The number of rotatable bonds is 4. The lowest BCUT2D eigenvalue weighted by atomic mass is 9.91. The van der Waals surface area contributed by atoms with Crippen LogP contribution < -0.4 is 5.14 Å². The largest absolute Gasteiger partial charge is 0.297 e. The maximum atomic E-state index is 12.3. The monoisotopic (exact) mass is 493 g/mol. The van der Waals surface area contributed by atoms with Crippen LogP contribution in [0.25, 0.3) is 0 Å². The van der Waals surface area contributed by atoms with E-state index >= 15 is 0 Å². The molecule has 10 heteroatoms. The molecule has 0 aliphatic heterocycles. The summed E-state index contributed by atoms with van der Waals surface area (Å²) in [6, 6.07) is 9.71. The predicted octanol–water partition coefficient (Wildman–Crippen LogP) is 5.11. The van der Waals surface area contributed by atoms with E-state index in [4.69, 9.17) is 20.9 Å². The SMILES string of the molecule is Cc1ccc(S(=O)(=O)OC2CCCC(C)CCC2)cc1.NS(=O)(=O)c1ccc(Cl)s1. The quantitative estimate of drug-likeness (QED) is 0.596. The highest BCUT2D eigenvalue weighted by Gasteiger charge is 2.23. The molecule has 0 saturated heterocycles. The van der Waals surface area contributed by atoms with Gasteiger partial charge < -0.3 is 0 Å². The fourth-order valence-corrected chi connectivity index (χ4v) is 6.20. The van der Waals surface area contributed by atoms with Gasteiger partial charge in [-0.05, 0) is 49.9 Å². The van der Waals surface area contributed by atoms with Gasteiger partial charge in [0.1, 0.15) is 4.21 Å². The number of thiophene rings is 1. The van der Waals surface area contributed by atoms with Gasteiger partial charge in [0.25, 0.3) is 10.1 Å². The van der Waals surface area contributed by atoms with Crippen molar-refractivity contribution in [2.24, 2.45) is 11.1 Å². The van der Waals surface area contributed by atoms with Crippen molar-refractivity contribution >= 4 is 43.1 Å². The number of benzene rings is 1. The van der Waals surface area contributed by atoms with Crippen LogP contribution >= 0.6 is 22.9 Å². The summed E-state index contributed by atoms with van der Waals surface area (Å²) in [5.74, 6) is 0.754. The molecule has 1 aliphatic carbocycles. The minimum absolute atomic E-state index is 0.0949. The van der Waals surface area contributed by atoms with Gasteiger partial charge in [0.05, 0.1) is 15.3 Å². The molecule has 2 N–H and O–H groups in total. The number of hydrogen-bond acceptors (Lipinski definition) is 6. The second kappa shape index (κ2) is 11.1. The van der Waals surface area contributed by atoms with Crippen LogP contribution in [0, 0.1) is 12.8 Å². The van der Waals surface area contributed by atoms with E-state index in [0.717, 1.165) is 48.5 Å². The van der Waals surface area contributed by atoms with E-state index < -0.39 is 20.1 Å². The Balaban J connectivity index is 0.000000269. The average Bonchev–Trinajstić information content (AvgIpc) is 3.07. The molecule has 0 bridgehead atoms. The highest BCUT2D eigenvalue weighted by molar-refractivity contribution is 7.91. The van der Waals surface area contributed by atoms with E-state index in [1.165, 1.54) is 25.0 Å². The molecule has 0 amide bonds. The molecule has 30 heavy (non-hydrogen) atoms. The molecule has 1 aliphatic rings. The first-order valence-corrected chi connectivity index (χ1v) is 13.9. The Hall–Kier alpha value is -0.970. The van der Waals surface area contributed by atoms with Crippen LogP contribution in [0.2, 0.25) is 4.34 Å². The van der Waals surface area contributed by atoms with E-state index in [9.17, 15) is 16.8 Å². The van der Waals surface area contributed by atoms with Crippen molar-refractivity contribution in [1.82, 2.24) is 0 Å². The molecular formula is C20H28ClNO5S3. The maximum Gasteiger partial charge on any atom is 0.297 e. The second-order valence-electron chi connectivity index (χ2n) is 7.56. The van der Waals surface area contributed by atoms with Gasteiger partial charge in [-0.1, -0.05) is 61.9 Å². The third-order valence-corrected chi connectivity index (χ3v) is 8.89. The fraction of sp³-hybridized carbons (Fsp3) is 0.500. The van der Waals surface area contributed by atoms with E-state index in [0.29, 0.717) is 4.34 Å². The number of nitrogens with two attached hydrogens (primary N) is 1. The molecule has 0 spiro atoms. The summed E-state index contributed by atoms with van der Waals surface area (Å²) in [6.07, 6.45) is 5.97. The van der Waals surface area contributed by atoms with Crippen LogP contribution in [0.15, 0.2) is 45.5 Å². The van der Waals surface area contributed by atoms with Crippen LogP contribution in [-0.2, 0) is 24.3 Å². The minimum Gasteiger partial charge on any atom is -0.263 e. The summed E-state index contributed by atoms with van der Waals surface area (Å²) in [6.45, 7) is 4.21. The van der Waals surface area contributed by atoms with Gasteiger partial charge >= 0.3 is 0 Å². The number of primary sulfonamides is 1. The van der Waals surface area contributed by atoms with Crippen LogP contribution in [0.4, 0.5) is 0 Å². The first-order valence-electron chi connectivity index (χ1n) is 9.75. The standard InChI is InChI=1S/C16H24O3S.C4H4ClNO2S2/c1-13-5-3-7-15(8-4-6-13)19-20(17,18)16-11-9-14(2)10-12-16;5-3-1-2-4(9-3)10(6,7)8/h9-13,15H,3-8H2,1-2H3;1-2H,(H2,6,7,8). The van der Waals surface area contributed by atoms with Gasteiger partial charge in [-0.25, -0.2) is 13.6 Å². The van der Waals surface area contributed by atoms with Crippen LogP contribution in [-0.4, -0.2) is 22.9 Å². The normalized spacial score (nSPS) is 20.5. The van der Waals surface area contributed by atoms with Gasteiger partial charge in [0, 0.05) is 0 Å². The van der Waals surface area contributed by atoms with Gasteiger partial charge in [-0.3, -0.25) is 4.18 Å². The van der Waals surface area contributed by atoms with Crippen LogP contribution in [0.5, 0.6) is 0 Å². The van der Waals surface area contributed by atoms with Gasteiger partial charge in [0.2, 0.25) is 10.0 Å². The lowest BCUT2D eigenvalue weighted by Gasteiger charge is -2.22. The molecule has 0 atom stereocenters. The Morgan fingerprint density at radius 1 is 0.967 bits per heavy atom. The Morgan fingerprint density at radius 3 is 1.97 bits per heavy atom. The van der Waals surface area contributed by atoms with E-state index in [1.54, 1.807) is 24.3 Å². The summed E-state index contributed by atoms with van der Waals surface area (Å²) in [5.41, 5.74) is 1.05. The highest BCUT2D eigenvalue weighted by Crippen LogP contribution is 2.26. The van der Waals surface area contributed by atoms with Crippen molar-refractivity contribution in [3.05, 3.63) is 46.3 Å². The van der Waals surface area contributed by atoms with Crippen molar-refractivity contribution in [2.75, 3.05) is 0 Å². The summed E-state index contributed by atoms with van der Waals surface area (Å²) in [5, 5.41) is 4.79. The third kappa shape index (κ3) is 8.28. The minimum atomic E-state index is -3.62. The summed E-state index contributed by atoms with van der Waals surface area (Å²) < 4.78 is 51.6. The Labute approximate surface area is 188 Å². The second-order valence-corrected chi connectivity index (χ2v) is 12.6. The summed E-state index contributed by atoms with van der Waals surface area (Å²) in [4.78, 5) is 0.263. The fourth-order valence-electron chi connectivity index (χ4n) is 3.16. The Kier molecular flexibility index (Phi) is 9.32. The molecule has 3 rings (SSSR count). The zero-order valence-corrected chi connectivity index (χ0v) is 20.3. The highest BCUT2D eigenvalue weighted by atomic mass is 35.5. The average molecular weight is 494 g/mol. The predicted molar refractivity (Wildman–Crippen MR) is 121 cm³/mol. The van der Waals surface area contributed by atoms with Gasteiger partial charge in [-0.15, -0.1) is 11.3 Å². The molecule has 2 aromatic rings. The molecule has 1 aromatic carbocycles. The molecule has 0 unspecified atom stereocenters. The van der Waals surface area contributed by atoms with E-state index in [1.807, 2.05) is 6.92 Å². The lowest BCUT2D eigenvalue weighted by Crippen LogP contribution is -2.20. The van der Waals surface area contributed by atoms with Gasteiger partial charge in [0.15, 0.2) is 0 Å². The van der Waals surface area contributed by atoms with Crippen molar-refractivity contribution in [2.45, 2.75) is 67.6 Å². The number of aryl methyl sites for hydroxylation is 1. The topological polar surface area (TPSA) is 104 Å². The lowest BCUT2D eigenvalue weighted by molar-refractivity contribution is 0.166. The summed E-state index contributed by atoms with van der Waals surface area (Å²) in [7, 11) is -7.17. The molecule has 0 radical (unpaired) electrons. The van der Waals surface area contributed by atoms with Crippen LogP contribution in [0.1, 0.15) is 51.0 Å². The smallest absolute Gasteiger partial charge is 0.263 e.